The summed E-state index contributed by atoms with van der Waals surface area (Å²) in [6, 6.07) is 0. The molecular weight excluding hydrogens is 310 g/mol. The standard InChI is InChI=1S/C15H23N7O2/c1-3-14-17-13(19-24-14)10-21(2)15(23)12-9-22(20-18-12)8-11-5-4-6-16-7-11/h9,11,16H,3-8,10H2,1-2H3/t11-/m0/s1. The van der Waals surface area contributed by atoms with Crippen molar-refractivity contribution in [2.45, 2.75) is 39.3 Å². The van der Waals surface area contributed by atoms with E-state index in [1.807, 2.05) is 6.92 Å². The first kappa shape index (κ1) is 16.6. The average Bonchev–Trinajstić information content (AvgIpc) is 3.24. The Kier molecular flexibility index (Phi) is 5.19. The second kappa shape index (κ2) is 7.52. The van der Waals surface area contributed by atoms with Gasteiger partial charge in [0, 0.05) is 20.0 Å². The van der Waals surface area contributed by atoms with E-state index in [2.05, 4.69) is 25.8 Å². The lowest BCUT2D eigenvalue weighted by Gasteiger charge is -2.22. The molecule has 1 fully saturated rings. The van der Waals surface area contributed by atoms with Gasteiger partial charge in [-0.2, -0.15) is 4.98 Å². The van der Waals surface area contributed by atoms with Gasteiger partial charge in [-0.25, -0.2) is 0 Å². The SMILES string of the molecule is CCc1nc(CN(C)C(=O)c2cn(C[C@H]3CCCNC3)nn2)no1. The van der Waals surface area contributed by atoms with Crippen LogP contribution < -0.4 is 5.32 Å². The number of carbonyl (C=O) groups excluding carboxylic acids is 1. The second-order valence-corrected chi connectivity index (χ2v) is 6.16. The maximum absolute atomic E-state index is 12.4. The van der Waals surface area contributed by atoms with Crippen LogP contribution in [0.1, 0.15) is 42.0 Å². The molecule has 130 valence electrons. The van der Waals surface area contributed by atoms with E-state index in [-0.39, 0.29) is 12.5 Å². The van der Waals surface area contributed by atoms with Crippen LogP contribution in [0, 0.1) is 5.92 Å². The lowest BCUT2D eigenvalue weighted by Crippen LogP contribution is -2.32. The zero-order chi connectivity index (χ0) is 16.9. The van der Waals surface area contributed by atoms with Crippen LogP contribution in [0.5, 0.6) is 0 Å². The van der Waals surface area contributed by atoms with Gasteiger partial charge >= 0.3 is 0 Å². The summed E-state index contributed by atoms with van der Waals surface area (Å²) in [5, 5.41) is 15.3. The molecule has 1 N–H and O–H groups in total. The molecule has 0 saturated carbocycles. The van der Waals surface area contributed by atoms with Crippen molar-refractivity contribution >= 4 is 5.91 Å². The van der Waals surface area contributed by atoms with Crippen molar-refractivity contribution in [3.05, 3.63) is 23.6 Å². The molecule has 0 aliphatic carbocycles. The van der Waals surface area contributed by atoms with Gasteiger partial charge in [-0.15, -0.1) is 5.10 Å². The van der Waals surface area contributed by atoms with Gasteiger partial charge in [-0.1, -0.05) is 17.3 Å². The highest BCUT2D eigenvalue weighted by molar-refractivity contribution is 5.91. The molecule has 0 radical (unpaired) electrons. The number of rotatable bonds is 6. The first-order valence-electron chi connectivity index (χ1n) is 8.33. The maximum atomic E-state index is 12.4. The van der Waals surface area contributed by atoms with Crippen molar-refractivity contribution in [2.75, 3.05) is 20.1 Å². The molecule has 1 atom stereocenters. The maximum Gasteiger partial charge on any atom is 0.276 e. The van der Waals surface area contributed by atoms with E-state index in [4.69, 9.17) is 4.52 Å². The quantitative estimate of drug-likeness (QED) is 0.821. The summed E-state index contributed by atoms with van der Waals surface area (Å²) >= 11 is 0. The van der Waals surface area contributed by atoms with E-state index in [9.17, 15) is 4.79 Å². The summed E-state index contributed by atoms with van der Waals surface area (Å²) in [6.45, 7) is 5.06. The van der Waals surface area contributed by atoms with Crippen molar-refractivity contribution in [3.8, 4) is 0 Å². The minimum absolute atomic E-state index is 0.203. The van der Waals surface area contributed by atoms with E-state index >= 15 is 0 Å². The smallest absolute Gasteiger partial charge is 0.276 e. The van der Waals surface area contributed by atoms with Gasteiger partial charge in [-0.05, 0) is 31.8 Å². The summed E-state index contributed by atoms with van der Waals surface area (Å²) in [5.74, 6) is 1.39. The van der Waals surface area contributed by atoms with Crippen LogP contribution in [0.25, 0.3) is 0 Å². The minimum Gasteiger partial charge on any atom is -0.339 e. The predicted molar refractivity (Wildman–Crippen MR) is 85.1 cm³/mol. The van der Waals surface area contributed by atoms with Crippen molar-refractivity contribution in [3.63, 3.8) is 0 Å². The number of hydrogen-bond acceptors (Lipinski definition) is 7. The normalized spacial score (nSPS) is 17.8. The van der Waals surface area contributed by atoms with Crippen LogP contribution in [0.3, 0.4) is 0 Å². The molecule has 9 nitrogen and oxygen atoms in total. The monoisotopic (exact) mass is 333 g/mol. The Morgan fingerprint density at radius 1 is 1.54 bits per heavy atom. The first-order chi connectivity index (χ1) is 11.7. The molecule has 1 saturated heterocycles. The molecule has 2 aromatic heterocycles. The van der Waals surface area contributed by atoms with Gasteiger partial charge in [0.25, 0.3) is 5.91 Å². The van der Waals surface area contributed by atoms with E-state index < -0.39 is 0 Å². The van der Waals surface area contributed by atoms with Crippen LogP contribution in [0.15, 0.2) is 10.7 Å². The Labute approximate surface area is 140 Å². The molecule has 0 spiro atoms. The van der Waals surface area contributed by atoms with Crippen LogP contribution in [0.4, 0.5) is 0 Å². The number of hydrogen-bond donors (Lipinski definition) is 1. The predicted octanol–water partition coefficient (Wildman–Crippen LogP) is 0.495. The summed E-state index contributed by atoms with van der Waals surface area (Å²) in [7, 11) is 1.69. The molecular formula is C15H23N7O2. The van der Waals surface area contributed by atoms with Crippen molar-refractivity contribution in [1.29, 1.82) is 0 Å². The fourth-order valence-electron chi connectivity index (χ4n) is 2.81. The molecule has 1 amide bonds. The van der Waals surface area contributed by atoms with E-state index in [1.54, 1.807) is 17.9 Å². The molecule has 3 rings (SSSR count). The van der Waals surface area contributed by atoms with Gasteiger partial charge in [0.1, 0.15) is 0 Å². The largest absolute Gasteiger partial charge is 0.339 e. The Balaban J connectivity index is 1.57. The molecule has 3 heterocycles. The zero-order valence-electron chi connectivity index (χ0n) is 14.1. The van der Waals surface area contributed by atoms with Gasteiger partial charge in [-0.3, -0.25) is 9.48 Å². The van der Waals surface area contributed by atoms with E-state index in [0.717, 1.165) is 19.6 Å². The van der Waals surface area contributed by atoms with Crippen LogP contribution in [-0.4, -0.2) is 56.1 Å². The number of piperidine rings is 1. The molecule has 9 heteroatoms. The Bertz CT molecular complexity index is 675. The Morgan fingerprint density at radius 3 is 3.12 bits per heavy atom. The third kappa shape index (κ3) is 3.97. The van der Waals surface area contributed by atoms with Gasteiger partial charge in [0.2, 0.25) is 5.89 Å². The second-order valence-electron chi connectivity index (χ2n) is 6.16. The lowest BCUT2D eigenvalue weighted by atomic mass is 10.00. The molecule has 0 bridgehead atoms. The molecule has 1 aliphatic heterocycles. The number of aryl methyl sites for hydroxylation is 1. The number of nitrogens with zero attached hydrogens (tertiary/aromatic N) is 6. The van der Waals surface area contributed by atoms with E-state index in [1.165, 1.54) is 17.7 Å². The Hall–Kier alpha value is -2.29. The third-order valence-electron chi connectivity index (χ3n) is 4.14. The highest BCUT2D eigenvalue weighted by Gasteiger charge is 2.20. The van der Waals surface area contributed by atoms with Gasteiger partial charge in [0.15, 0.2) is 11.5 Å². The lowest BCUT2D eigenvalue weighted by molar-refractivity contribution is 0.0774. The zero-order valence-corrected chi connectivity index (χ0v) is 14.1. The summed E-state index contributed by atoms with van der Waals surface area (Å²) in [6.07, 6.45) is 4.74. The summed E-state index contributed by atoms with van der Waals surface area (Å²) < 4.78 is 6.80. The third-order valence-corrected chi connectivity index (χ3v) is 4.14. The van der Waals surface area contributed by atoms with E-state index in [0.29, 0.717) is 29.7 Å². The van der Waals surface area contributed by atoms with Crippen LogP contribution >= 0.6 is 0 Å². The highest BCUT2D eigenvalue weighted by atomic mass is 16.5. The topological polar surface area (TPSA) is 102 Å². The van der Waals surface area contributed by atoms with Crippen LogP contribution in [0.2, 0.25) is 0 Å². The number of carbonyl (C=O) groups is 1. The number of amides is 1. The average molecular weight is 333 g/mol. The number of nitrogens with one attached hydrogen (secondary N) is 1. The van der Waals surface area contributed by atoms with Gasteiger partial charge in [0.05, 0.1) is 12.7 Å². The van der Waals surface area contributed by atoms with Crippen molar-refractivity contribution in [1.82, 2.24) is 35.4 Å². The highest BCUT2D eigenvalue weighted by Crippen LogP contribution is 2.12. The molecule has 2 aromatic rings. The molecule has 24 heavy (non-hydrogen) atoms. The van der Waals surface area contributed by atoms with Crippen LogP contribution in [-0.2, 0) is 19.5 Å². The fourth-order valence-corrected chi connectivity index (χ4v) is 2.81. The van der Waals surface area contributed by atoms with Crippen molar-refractivity contribution in [2.24, 2.45) is 5.92 Å². The summed E-state index contributed by atoms with van der Waals surface area (Å²) in [5.41, 5.74) is 0.334. The first-order valence-corrected chi connectivity index (χ1v) is 8.33. The number of aromatic nitrogens is 5. The fraction of sp³-hybridized carbons (Fsp3) is 0.667. The minimum atomic E-state index is -0.203. The molecule has 0 unspecified atom stereocenters. The summed E-state index contributed by atoms with van der Waals surface area (Å²) in [4.78, 5) is 18.2. The molecule has 0 aromatic carbocycles. The Morgan fingerprint density at radius 2 is 2.42 bits per heavy atom. The van der Waals surface area contributed by atoms with Crippen molar-refractivity contribution < 1.29 is 9.32 Å². The molecule has 1 aliphatic rings. The van der Waals surface area contributed by atoms with Gasteiger partial charge < -0.3 is 14.7 Å².